The van der Waals surface area contributed by atoms with Gasteiger partial charge >= 0.3 is 7.82 Å². The molecule has 0 saturated heterocycles. The Balaban J connectivity index is 1.93. The van der Waals surface area contributed by atoms with Gasteiger partial charge in [0.25, 0.3) is 0 Å². The summed E-state index contributed by atoms with van der Waals surface area (Å²) in [5.41, 5.74) is 15.5. The highest BCUT2D eigenvalue weighted by Crippen LogP contribution is 2.39. The van der Waals surface area contributed by atoms with Crippen LogP contribution in [0.15, 0.2) is 36.4 Å². The number of pyridine rings is 1. The van der Waals surface area contributed by atoms with Gasteiger partial charge in [-0.25, -0.2) is 14.5 Å². The quantitative estimate of drug-likeness (QED) is 0.242. The number of nitrogens with two attached hydrogens (primary N) is 2. The second-order valence-corrected chi connectivity index (χ2v) is 9.00. The Morgan fingerprint density at radius 1 is 1.15 bits per heavy atom. The Morgan fingerprint density at radius 2 is 1.94 bits per heavy atom. The molecule has 174 valence electrons. The highest BCUT2D eigenvalue weighted by atomic mass is 31.2. The number of phosphoric ester groups is 1. The van der Waals surface area contributed by atoms with Crippen molar-refractivity contribution < 1.29 is 24.0 Å². The van der Waals surface area contributed by atoms with Gasteiger partial charge in [-0.05, 0) is 42.3 Å². The highest BCUT2D eigenvalue weighted by molar-refractivity contribution is 7.46. The molecule has 4 aromatic rings. The Bertz CT molecular complexity index is 1380. The van der Waals surface area contributed by atoms with Crippen LogP contribution in [0.2, 0.25) is 0 Å². The van der Waals surface area contributed by atoms with Crippen molar-refractivity contribution in [3.05, 3.63) is 53.3 Å². The molecule has 11 heteroatoms. The first kappa shape index (κ1) is 23.0. The minimum absolute atomic E-state index is 0.0367. The van der Waals surface area contributed by atoms with Crippen LogP contribution in [0.5, 0.6) is 11.5 Å². The Morgan fingerprint density at radius 3 is 2.64 bits per heavy atom. The molecule has 0 spiro atoms. The van der Waals surface area contributed by atoms with Crippen LogP contribution in [0.25, 0.3) is 21.9 Å². The molecule has 2 heterocycles. The number of phosphoric acid groups is 1. The predicted octanol–water partition coefficient (Wildman–Crippen LogP) is 3.19. The van der Waals surface area contributed by atoms with E-state index < -0.39 is 7.82 Å². The van der Waals surface area contributed by atoms with Crippen LogP contribution in [0.3, 0.4) is 0 Å². The van der Waals surface area contributed by atoms with Crippen molar-refractivity contribution in [3.63, 3.8) is 0 Å². The summed E-state index contributed by atoms with van der Waals surface area (Å²) in [6.45, 7) is 2.63. The van der Waals surface area contributed by atoms with Gasteiger partial charge in [0, 0.05) is 23.9 Å². The summed E-state index contributed by atoms with van der Waals surface area (Å²) in [5, 5.41) is 11.3. The number of aryl methyl sites for hydroxylation is 1. The molecule has 2 aromatic carbocycles. The number of nitrogen functional groups attached to an aromatic ring is 1. The number of hydrogen-bond acceptors (Lipinski definition) is 7. The van der Waals surface area contributed by atoms with Crippen molar-refractivity contribution in [1.82, 2.24) is 14.5 Å². The molecule has 0 bridgehead atoms. The van der Waals surface area contributed by atoms with Gasteiger partial charge in [0.15, 0.2) is 5.82 Å². The number of unbranched alkanes of at least 4 members (excludes halogenated alkanes) is 1. The molecule has 0 aliphatic carbocycles. The van der Waals surface area contributed by atoms with Crippen LogP contribution in [0, 0.1) is 0 Å². The van der Waals surface area contributed by atoms with Crippen LogP contribution < -0.4 is 16.0 Å². The van der Waals surface area contributed by atoms with E-state index in [1.165, 1.54) is 18.2 Å². The molecule has 0 fully saturated rings. The van der Waals surface area contributed by atoms with Gasteiger partial charge in [-0.3, -0.25) is 9.79 Å². The zero-order chi connectivity index (χ0) is 23.8. The number of hydrogen-bond donors (Lipinski definition) is 5. The first-order valence-electron chi connectivity index (χ1n) is 10.5. The molecule has 0 aliphatic heterocycles. The smallest absolute Gasteiger partial charge is 0.508 e. The summed E-state index contributed by atoms with van der Waals surface area (Å²) in [7, 11) is -4.74. The van der Waals surface area contributed by atoms with Crippen LogP contribution in [-0.4, -0.2) is 29.4 Å². The van der Waals surface area contributed by atoms with Crippen molar-refractivity contribution in [2.24, 2.45) is 5.73 Å². The Hall–Kier alpha value is -3.17. The molecule has 0 aliphatic rings. The lowest BCUT2D eigenvalue weighted by atomic mass is 10.1. The number of anilines is 1. The number of aromatic hydroxyl groups is 1. The maximum Gasteiger partial charge on any atom is 0.524 e. The van der Waals surface area contributed by atoms with Crippen molar-refractivity contribution in [2.75, 3.05) is 5.73 Å². The molecule has 0 atom stereocenters. The topological polar surface area (TPSA) is 170 Å². The maximum absolute atomic E-state index is 11.3. The van der Waals surface area contributed by atoms with Gasteiger partial charge in [0.1, 0.15) is 22.8 Å². The van der Waals surface area contributed by atoms with E-state index in [9.17, 15) is 9.67 Å². The lowest BCUT2D eigenvalue weighted by Crippen LogP contribution is -2.07. The third kappa shape index (κ3) is 4.79. The summed E-state index contributed by atoms with van der Waals surface area (Å²) in [6, 6.07) is 9.76. The number of fused-ring (bicyclic) bond motifs is 3. The fraction of sp³-hybridized carbons (Fsp3) is 0.273. The van der Waals surface area contributed by atoms with Gasteiger partial charge in [-0.1, -0.05) is 19.4 Å². The van der Waals surface area contributed by atoms with Crippen LogP contribution in [0.1, 0.15) is 36.7 Å². The van der Waals surface area contributed by atoms with Crippen LogP contribution in [0.4, 0.5) is 5.82 Å². The lowest BCUT2D eigenvalue weighted by Gasteiger charge is -2.14. The molecule has 0 radical (unpaired) electrons. The number of aromatic nitrogens is 3. The largest absolute Gasteiger partial charge is 0.524 e. The van der Waals surface area contributed by atoms with Gasteiger partial charge in [-0.2, -0.15) is 0 Å². The second-order valence-electron chi connectivity index (χ2n) is 7.84. The maximum atomic E-state index is 11.3. The molecular formula is C22H26N5O5P. The van der Waals surface area contributed by atoms with Gasteiger partial charge in [-0.15, -0.1) is 0 Å². The molecule has 0 unspecified atom stereocenters. The molecule has 0 saturated carbocycles. The van der Waals surface area contributed by atoms with E-state index in [1.54, 1.807) is 0 Å². The number of benzene rings is 2. The second kappa shape index (κ2) is 8.99. The van der Waals surface area contributed by atoms with E-state index >= 15 is 0 Å². The van der Waals surface area contributed by atoms with E-state index in [-0.39, 0.29) is 18.0 Å². The summed E-state index contributed by atoms with van der Waals surface area (Å²) in [6.07, 6.45) is 2.55. The lowest BCUT2D eigenvalue weighted by molar-refractivity contribution is 0.283. The van der Waals surface area contributed by atoms with E-state index in [1.807, 2.05) is 22.8 Å². The molecule has 4 rings (SSSR count). The average Bonchev–Trinajstić information content (AvgIpc) is 3.12. The molecule has 33 heavy (non-hydrogen) atoms. The highest BCUT2D eigenvalue weighted by Gasteiger charge is 2.20. The van der Waals surface area contributed by atoms with E-state index in [2.05, 4.69) is 11.9 Å². The SMILES string of the molecule is CCCCc1nc2c(N)nc3ccc(CN)cc3c2n1Cc1cc(OP(=O)(O)O)ccc1O. The molecular weight excluding hydrogens is 445 g/mol. The van der Waals surface area contributed by atoms with Crippen LogP contribution in [-0.2, 0) is 24.1 Å². The van der Waals surface area contributed by atoms with E-state index in [0.717, 1.165) is 35.1 Å². The number of phenolic OH excluding ortho intramolecular Hbond substituents is 1. The Kier molecular flexibility index (Phi) is 6.27. The normalized spacial score (nSPS) is 12.0. The molecule has 0 amide bonds. The third-order valence-corrected chi connectivity index (χ3v) is 5.89. The number of rotatable bonds is 8. The monoisotopic (exact) mass is 471 g/mol. The minimum atomic E-state index is -4.74. The average molecular weight is 471 g/mol. The standard InChI is InChI=1S/C22H26N5O5P/c1-2-3-4-19-26-20-21(16-9-13(11-23)5-7-17(16)25-22(20)24)27(19)12-14-10-15(6-8-18(14)28)32-33(29,30)31/h5-10,28H,2-4,11-12,23H2,1H3,(H2,24,25)(H2,29,30,31). The van der Waals surface area contributed by atoms with Crippen molar-refractivity contribution in [3.8, 4) is 11.5 Å². The molecule has 2 aromatic heterocycles. The summed E-state index contributed by atoms with van der Waals surface area (Å²) >= 11 is 0. The molecule has 10 nitrogen and oxygen atoms in total. The summed E-state index contributed by atoms with van der Waals surface area (Å²) in [4.78, 5) is 27.6. The van der Waals surface area contributed by atoms with Gasteiger partial charge in [0.05, 0.1) is 17.6 Å². The fourth-order valence-electron chi connectivity index (χ4n) is 3.88. The number of imidazole rings is 1. The minimum Gasteiger partial charge on any atom is -0.508 e. The first-order chi connectivity index (χ1) is 15.7. The number of phenols is 1. The molecule has 7 N–H and O–H groups in total. The van der Waals surface area contributed by atoms with Crippen molar-refractivity contribution in [2.45, 2.75) is 39.3 Å². The third-order valence-electron chi connectivity index (χ3n) is 5.44. The first-order valence-corrected chi connectivity index (χ1v) is 12.1. The van der Waals surface area contributed by atoms with Crippen LogP contribution >= 0.6 is 7.82 Å². The predicted molar refractivity (Wildman–Crippen MR) is 126 cm³/mol. The van der Waals surface area contributed by atoms with Crippen molar-refractivity contribution >= 4 is 35.6 Å². The zero-order valence-electron chi connectivity index (χ0n) is 18.1. The fourth-order valence-corrected chi connectivity index (χ4v) is 4.27. The van der Waals surface area contributed by atoms with E-state index in [4.69, 9.17) is 30.8 Å². The summed E-state index contributed by atoms with van der Waals surface area (Å²) in [5.74, 6) is 0.987. The van der Waals surface area contributed by atoms with Gasteiger partial charge in [0.2, 0.25) is 0 Å². The summed E-state index contributed by atoms with van der Waals surface area (Å²) < 4.78 is 17.9. The Labute approximate surface area is 190 Å². The zero-order valence-corrected chi connectivity index (χ0v) is 19.0. The van der Waals surface area contributed by atoms with Gasteiger partial charge < -0.3 is 25.7 Å². The van der Waals surface area contributed by atoms with E-state index in [0.29, 0.717) is 35.4 Å². The van der Waals surface area contributed by atoms with Crippen molar-refractivity contribution in [1.29, 1.82) is 0 Å². The number of nitrogens with zero attached hydrogens (tertiary/aromatic N) is 3.